The fraction of sp³-hybridized carbons (Fsp3) is 0.625. The van der Waals surface area contributed by atoms with E-state index in [1.165, 1.54) is 0 Å². The number of amides is 1. The predicted octanol–water partition coefficient (Wildman–Crippen LogP) is 3.05. The minimum absolute atomic E-state index is 0.0946. The summed E-state index contributed by atoms with van der Waals surface area (Å²) in [5.41, 5.74) is 7.40. The minimum atomic E-state index is 0.0946. The summed E-state index contributed by atoms with van der Waals surface area (Å²) in [4.78, 5) is 19.0. The van der Waals surface area contributed by atoms with Crippen LogP contribution in [0.4, 0.5) is 5.82 Å². The summed E-state index contributed by atoms with van der Waals surface area (Å²) in [5.74, 6) is 1.28. The van der Waals surface area contributed by atoms with E-state index in [9.17, 15) is 4.79 Å². The van der Waals surface area contributed by atoms with Crippen LogP contribution in [0, 0.1) is 5.92 Å². The number of hydrogen-bond acceptors (Lipinski definition) is 3. The molecule has 0 spiro atoms. The number of likely N-dealkylation sites (tertiary alicyclic amines) is 1. The van der Waals surface area contributed by atoms with Gasteiger partial charge in [-0.15, -0.1) is 0 Å². The van der Waals surface area contributed by atoms with Gasteiger partial charge in [0.05, 0.1) is 0 Å². The number of hydrogen-bond donors (Lipinski definition) is 1. The van der Waals surface area contributed by atoms with Crippen molar-refractivity contribution in [3.63, 3.8) is 0 Å². The first kappa shape index (κ1) is 14.8. The molecule has 1 atom stereocenters. The van der Waals surface area contributed by atoms with Crippen LogP contribution in [0.15, 0.2) is 12.1 Å². The Labute approximate surface area is 121 Å². The zero-order valence-corrected chi connectivity index (χ0v) is 12.9. The summed E-state index contributed by atoms with van der Waals surface area (Å²) in [6.45, 7) is 9.32. The van der Waals surface area contributed by atoms with Gasteiger partial charge in [0.25, 0.3) is 5.91 Å². The van der Waals surface area contributed by atoms with Gasteiger partial charge in [0.15, 0.2) is 0 Å². The fourth-order valence-electron chi connectivity index (χ4n) is 2.90. The van der Waals surface area contributed by atoms with Gasteiger partial charge in [-0.05, 0) is 36.8 Å². The van der Waals surface area contributed by atoms with Crippen molar-refractivity contribution in [2.24, 2.45) is 5.92 Å². The Bertz CT molecular complexity index is 496. The van der Waals surface area contributed by atoms with Gasteiger partial charge in [0.2, 0.25) is 0 Å². The first-order valence-electron chi connectivity index (χ1n) is 7.48. The highest BCUT2D eigenvalue weighted by atomic mass is 16.2. The lowest BCUT2D eigenvalue weighted by atomic mass is 10.0. The van der Waals surface area contributed by atoms with E-state index >= 15 is 0 Å². The molecule has 1 aromatic heterocycles. The third-order valence-electron chi connectivity index (χ3n) is 4.03. The zero-order valence-electron chi connectivity index (χ0n) is 12.9. The number of nitrogens with zero attached hydrogens (tertiary/aromatic N) is 2. The number of nitrogens with two attached hydrogens (primary N) is 1. The average molecular weight is 275 g/mol. The van der Waals surface area contributed by atoms with Gasteiger partial charge in [-0.3, -0.25) is 4.79 Å². The second-order valence-electron chi connectivity index (χ2n) is 6.31. The number of anilines is 1. The molecular formula is C16H25N3O. The molecule has 0 bridgehead atoms. The number of nitrogen functional groups attached to an aromatic ring is 1. The van der Waals surface area contributed by atoms with Crippen LogP contribution in [-0.4, -0.2) is 28.4 Å². The Kier molecular flexibility index (Phi) is 4.31. The third-order valence-corrected chi connectivity index (χ3v) is 4.03. The topological polar surface area (TPSA) is 59.2 Å². The van der Waals surface area contributed by atoms with Crippen LogP contribution in [0.25, 0.3) is 0 Å². The van der Waals surface area contributed by atoms with E-state index in [0.29, 0.717) is 23.3 Å². The highest BCUT2D eigenvalue weighted by Crippen LogP contribution is 2.26. The van der Waals surface area contributed by atoms with Crippen LogP contribution in [0.5, 0.6) is 0 Å². The molecule has 1 amide bonds. The summed E-state index contributed by atoms with van der Waals surface area (Å²) >= 11 is 0. The van der Waals surface area contributed by atoms with Gasteiger partial charge in [0.1, 0.15) is 5.82 Å². The number of aromatic nitrogens is 1. The molecule has 4 nitrogen and oxygen atoms in total. The summed E-state index contributed by atoms with van der Waals surface area (Å²) in [5, 5.41) is 0. The van der Waals surface area contributed by atoms with Gasteiger partial charge >= 0.3 is 0 Å². The van der Waals surface area contributed by atoms with Crippen LogP contribution in [-0.2, 0) is 0 Å². The monoisotopic (exact) mass is 275 g/mol. The van der Waals surface area contributed by atoms with Crippen LogP contribution in [0.2, 0.25) is 0 Å². The summed E-state index contributed by atoms with van der Waals surface area (Å²) < 4.78 is 0. The standard InChI is InChI=1S/C16H25N3O/c1-10(2)13-8-12(9-15(17)18-13)16(20)19-7-5-6-14(19)11(3)4/h8-11,14H,5-7H2,1-4H3,(H2,17,18). The smallest absolute Gasteiger partial charge is 0.254 e. The highest BCUT2D eigenvalue weighted by Gasteiger charge is 2.31. The van der Waals surface area contributed by atoms with Crippen molar-refractivity contribution in [3.8, 4) is 0 Å². The Morgan fingerprint density at radius 3 is 2.65 bits per heavy atom. The Morgan fingerprint density at radius 2 is 2.05 bits per heavy atom. The summed E-state index contributed by atoms with van der Waals surface area (Å²) in [6.07, 6.45) is 2.19. The Morgan fingerprint density at radius 1 is 1.35 bits per heavy atom. The van der Waals surface area contributed by atoms with E-state index in [4.69, 9.17) is 5.73 Å². The maximum absolute atomic E-state index is 12.7. The maximum atomic E-state index is 12.7. The van der Waals surface area contributed by atoms with Gasteiger partial charge in [-0.1, -0.05) is 27.7 Å². The van der Waals surface area contributed by atoms with Crippen LogP contribution >= 0.6 is 0 Å². The predicted molar refractivity (Wildman–Crippen MR) is 81.6 cm³/mol. The number of rotatable bonds is 3. The number of pyridine rings is 1. The molecule has 1 aliphatic heterocycles. The molecule has 0 radical (unpaired) electrons. The van der Waals surface area contributed by atoms with Crippen molar-refractivity contribution < 1.29 is 4.79 Å². The van der Waals surface area contributed by atoms with Gasteiger partial charge < -0.3 is 10.6 Å². The minimum Gasteiger partial charge on any atom is -0.384 e. The SMILES string of the molecule is CC(C)c1cc(C(=O)N2CCCC2C(C)C)cc(N)n1. The second kappa shape index (κ2) is 5.81. The molecule has 0 saturated carbocycles. The first-order chi connectivity index (χ1) is 9.40. The van der Waals surface area contributed by atoms with Crippen molar-refractivity contribution in [1.82, 2.24) is 9.88 Å². The molecule has 0 aromatic carbocycles. The van der Waals surface area contributed by atoms with Gasteiger partial charge in [-0.2, -0.15) is 0 Å². The third kappa shape index (κ3) is 2.94. The maximum Gasteiger partial charge on any atom is 0.254 e. The molecular weight excluding hydrogens is 250 g/mol. The molecule has 1 unspecified atom stereocenters. The van der Waals surface area contributed by atoms with E-state index in [2.05, 4.69) is 32.7 Å². The van der Waals surface area contributed by atoms with E-state index < -0.39 is 0 Å². The number of carbonyl (C=O) groups is 1. The van der Waals surface area contributed by atoms with Crippen LogP contribution < -0.4 is 5.73 Å². The Hall–Kier alpha value is -1.58. The van der Waals surface area contributed by atoms with Crippen molar-refractivity contribution in [1.29, 1.82) is 0 Å². The molecule has 1 saturated heterocycles. The first-order valence-corrected chi connectivity index (χ1v) is 7.48. The molecule has 1 aliphatic rings. The molecule has 2 N–H and O–H groups in total. The van der Waals surface area contributed by atoms with E-state index in [1.807, 2.05) is 11.0 Å². The zero-order chi connectivity index (χ0) is 14.9. The average Bonchev–Trinajstić information content (AvgIpc) is 2.86. The molecule has 4 heteroatoms. The molecule has 2 rings (SSSR count). The van der Waals surface area contributed by atoms with Crippen molar-refractivity contribution in [2.75, 3.05) is 12.3 Å². The largest absolute Gasteiger partial charge is 0.384 e. The van der Waals surface area contributed by atoms with E-state index in [-0.39, 0.29) is 11.8 Å². The molecule has 110 valence electrons. The van der Waals surface area contributed by atoms with Crippen molar-refractivity contribution in [2.45, 2.75) is 52.5 Å². The highest BCUT2D eigenvalue weighted by molar-refractivity contribution is 5.95. The second-order valence-corrected chi connectivity index (χ2v) is 6.31. The lowest BCUT2D eigenvalue weighted by molar-refractivity contribution is 0.0701. The normalized spacial score (nSPS) is 19.1. The fourth-order valence-corrected chi connectivity index (χ4v) is 2.90. The lowest BCUT2D eigenvalue weighted by Crippen LogP contribution is -2.38. The summed E-state index contributed by atoms with van der Waals surface area (Å²) in [6, 6.07) is 3.93. The number of carbonyl (C=O) groups excluding carboxylic acids is 1. The van der Waals surface area contributed by atoms with E-state index in [0.717, 1.165) is 25.1 Å². The van der Waals surface area contributed by atoms with Gasteiger partial charge in [-0.25, -0.2) is 4.98 Å². The van der Waals surface area contributed by atoms with Crippen LogP contribution in [0.1, 0.15) is 62.5 Å². The van der Waals surface area contributed by atoms with Crippen molar-refractivity contribution >= 4 is 11.7 Å². The molecule has 1 aromatic rings. The molecule has 1 fully saturated rings. The lowest BCUT2D eigenvalue weighted by Gasteiger charge is -2.28. The van der Waals surface area contributed by atoms with E-state index in [1.54, 1.807) is 6.07 Å². The molecule has 0 aliphatic carbocycles. The van der Waals surface area contributed by atoms with Gasteiger partial charge in [0, 0.05) is 23.8 Å². The molecule has 2 heterocycles. The Balaban J connectivity index is 2.29. The van der Waals surface area contributed by atoms with Crippen molar-refractivity contribution in [3.05, 3.63) is 23.4 Å². The molecule has 20 heavy (non-hydrogen) atoms. The van der Waals surface area contributed by atoms with Crippen LogP contribution in [0.3, 0.4) is 0 Å². The summed E-state index contributed by atoms with van der Waals surface area (Å²) in [7, 11) is 0. The quantitative estimate of drug-likeness (QED) is 0.922.